The highest BCUT2D eigenvalue weighted by Gasteiger charge is 2.18. The second-order valence-electron chi connectivity index (χ2n) is 8.43. The Morgan fingerprint density at radius 3 is 2.69 bits per heavy atom. The summed E-state index contributed by atoms with van der Waals surface area (Å²) in [4.78, 5) is 17.8. The van der Waals surface area contributed by atoms with E-state index in [-0.39, 0.29) is 12.2 Å². The fraction of sp³-hybridized carbons (Fsp3) is 0.250. The highest BCUT2D eigenvalue weighted by Crippen LogP contribution is 2.26. The largest absolute Gasteiger partial charge is 0.491 e. The van der Waals surface area contributed by atoms with E-state index in [1.807, 2.05) is 57.7 Å². The van der Waals surface area contributed by atoms with Crippen LogP contribution in [0.2, 0.25) is 0 Å². The second kappa shape index (κ2) is 10.1. The van der Waals surface area contributed by atoms with Gasteiger partial charge in [-0.1, -0.05) is 49.4 Å². The molecule has 0 saturated heterocycles. The third-order valence-electron chi connectivity index (χ3n) is 6.12. The SMILES string of the molecule is CCc1nn(Cc2ccccc2)c2cccc(CC(=O)c3cnc4cc(OCCOC)ccn34)c12. The van der Waals surface area contributed by atoms with Crippen LogP contribution in [-0.2, 0) is 24.1 Å². The molecule has 5 rings (SSSR count). The highest BCUT2D eigenvalue weighted by atomic mass is 16.5. The second-order valence-corrected chi connectivity index (χ2v) is 8.43. The number of hydrogen-bond donors (Lipinski definition) is 0. The Balaban J connectivity index is 1.43. The van der Waals surface area contributed by atoms with Crippen molar-refractivity contribution in [2.24, 2.45) is 0 Å². The summed E-state index contributed by atoms with van der Waals surface area (Å²) in [5.74, 6) is 0.707. The van der Waals surface area contributed by atoms with Crippen molar-refractivity contribution < 1.29 is 14.3 Å². The lowest BCUT2D eigenvalue weighted by Crippen LogP contribution is -2.08. The zero-order chi connectivity index (χ0) is 24.2. The number of rotatable bonds is 10. The third-order valence-corrected chi connectivity index (χ3v) is 6.12. The molecule has 0 aliphatic rings. The maximum absolute atomic E-state index is 13.4. The smallest absolute Gasteiger partial charge is 0.185 e. The molecule has 0 amide bonds. The molecule has 7 heteroatoms. The summed E-state index contributed by atoms with van der Waals surface area (Å²) in [5, 5.41) is 5.96. The van der Waals surface area contributed by atoms with Gasteiger partial charge < -0.3 is 9.47 Å². The molecule has 5 aromatic rings. The van der Waals surface area contributed by atoms with E-state index < -0.39 is 0 Å². The van der Waals surface area contributed by atoms with Gasteiger partial charge >= 0.3 is 0 Å². The van der Waals surface area contributed by atoms with Crippen LogP contribution in [0.3, 0.4) is 0 Å². The topological polar surface area (TPSA) is 70.7 Å². The minimum atomic E-state index is 0.0101. The molecule has 0 fully saturated rings. The van der Waals surface area contributed by atoms with Crippen molar-refractivity contribution in [2.75, 3.05) is 20.3 Å². The fourth-order valence-electron chi connectivity index (χ4n) is 4.42. The van der Waals surface area contributed by atoms with Gasteiger partial charge in [-0.25, -0.2) is 4.98 Å². The Labute approximate surface area is 203 Å². The molecule has 0 bridgehead atoms. The van der Waals surface area contributed by atoms with Crippen molar-refractivity contribution in [3.05, 3.63) is 95.6 Å². The van der Waals surface area contributed by atoms with Gasteiger partial charge in [0.15, 0.2) is 5.78 Å². The molecule has 0 saturated carbocycles. The average Bonchev–Trinajstić information content (AvgIpc) is 3.47. The van der Waals surface area contributed by atoms with Gasteiger partial charge in [-0.15, -0.1) is 0 Å². The lowest BCUT2D eigenvalue weighted by molar-refractivity contribution is 0.0987. The molecular formula is C28H28N4O3. The first-order valence-corrected chi connectivity index (χ1v) is 11.8. The van der Waals surface area contributed by atoms with Crippen LogP contribution in [0.1, 0.15) is 34.2 Å². The van der Waals surface area contributed by atoms with Gasteiger partial charge in [-0.3, -0.25) is 13.9 Å². The highest BCUT2D eigenvalue weighted by molar-refractivity contribution is 5.99. The van der Waals surface area contributed by atoms with Crippen molar-refractivity contribution in [3.63, 3.8) is 0 Å². The normalized spacial score (nSPS) is 11.4. The van der Waals surface area contributed by atoms with Gasteiger partial charge in [0.1, 0.15) is 23.7 Å². The molecule has 0 spiro atoms. The van der Waals surface area contributed by atoms with Crippen molar-refractivity contribution in [2.45, 2.75) is 26.3 Å². The molecule has 0 aliphatic heterocycles. The Bertz CT molecular complexity index is 1470. The van der Waals surface area contributed by atoms with E-state index in [1.165, 1.54) is 5.56 Å². The predicted molar refractivity (Wildman–Crippen MR) is 135 cm³/mol. The average molecular weight is 469 g/mol. The van der Waals surface area contributed by atoms with Crippen molar-refractivity contribution in [3.8, 4) is 5.75 Å². The zero-order valence-electron chi connectivity index (χ0n) is 20.0. The van der Waals surface area contributed by atoms with Gasteiger partial charge in [-0.2, -0.15) is 5.10 Å². The maximum Gasteiger partial charge on any atom is 0.185 e. The number of methoxy groups -OCH3 is 1. The summed E-state index contributed by atoms with van der Waals surface area (Å²) < 4.78 is 14.5. The van der Waals surface area contributed by atoms with Gasteiger partial charge in [-0.05, 0) is 29.7 Å². The van der Waals surface area contributed by atoms with E-state index in [0.29, 0.717) is 36.8 Å². The maximum atomic E-state index is 13.4. The van der Waals surface area contributed by atoms with E-state index in [2.05, 4.69) is 30.1 Å². The molecule has 3 aromatic heterocycles. The van der Waals surface area contributed by atoms with Crippen molar-refractivity contribution >= 4 is 22.3 Å². The number of benzene rings is 2. The number of carbonyl (C=O) groups is 1. The molecule has 0 unspecified atom stereocenters. The molecule has 0 aliphatic carbocycles. The van der Waals surface area contributed by atoms with E-state index in [1.54, 1.807) is 13.3 Å². The molecule has 178 valence electrons. The van der Waals surface area contributed by atoms with Crippen LogP contribution in [0, 0.1) is 0 Å². The van der Waals surface area contributed by atoms with E-state index in [9.17, 15) is 4.79 Å². The molecule has 0 atom stereocenters. The number of ketones is 1. The quantitative estimate of drug-likeness (QED) is 0.219. The van der Waals surface area contributed by atoms with Gasteiger partial charge in [0.2, 0.25) is 0 Å². The fourth-order valence-corrected chi connectivity index (χ4v) is 4.42. The molecule has 0 radical (unpaired) electrons. The number of aryl methyl sites for hydroxylation is 1. The monoisotopic (exact) mass is 468 g/mol. The van der Waals surface area contributed by atoms with E-state index >= 15 is 0 Å². The third kappa shape index (κ3) is 4.68. The number of imidazole rings is 1. The molecule has 3 heterocycles. The summed E-state index contributed by atoms with van der Waals surface area (Å²) in [6.07, 6.45) is 4.54. The van der Waals surface area contributed by atoms with Gasteiger partial charge in [0.25, 0.3) is 0 Å². The number of pyridine rings is 1. The van der Waals surface area contributed by atoms with Crippen LogP contribution in [0.5, 0.6) is 5.75 Å². The minimum Gasteiger partial charge on any atom is -0.491 e. The van der Waals surface area contributed by atoms with Gasteiger partial charge in [0, 0.05) is 31.2 Å². The van der Waals surface area contributed by atoms with E-state index in [0.717, 1.165) is 28.6 Å². The molecular weight excluding hydrogens is 440 g/mol. The van der Waals surface area contributed by atoms with Crippen LogP contribution in [0.15, 0.2) is 73.1 Å². The first-order valence-electron chi connectivity index (χ1n) is 11.8. The van der Waals surface area contributed by atoms with Crippen LogP contribution in [0.25, 0.3) is 16.6 Å². The Morgan fingerprint density at radius 2 is 1.89 bits per heavy atom. The van der Waals surface area contributed by atoms with Crippen molar-refractivity contribution in [1.82, 2.24) is 19.2 Å². The molecule has 2 aromatic carbocycles. The minimum absolute atomic E-state index is 0.0101. The lowest BCUT2D eigenvalue weighted by atomic mass is 10.0. The molecule has 0 N–H and O–H groups in total. The first-order chi connectivity index (χ1) is 17.2. The lowest BCUT2D eigenvalue weighted by Gasteiger charge is -2.08. The summed E-state index contributed by atoms with van der Waals surface area (Å²) in [5.41, 5.74) is 5.46. The van der Waals surface area contributed by atoms with E-state index in [4.69, 9.17) is 14.6 Å². The number of hydrogen-bond acceptors (Lipinski definition) is 5. The number of carbonyl (C=O) groups excluding carboxylic acids is 1. The van der Waals surface area contributed by atoms with Gasteiger partial charge in [0.05, 0.1) is 30.6 Å². The molecule has 35 heavy (non-hydrogen) atoms. The van der Waals surface area contributed by atoms with Crippen LogP contribution < -0.4 is 4.74 Å². The first kappa shape index (κ1) is 22.8. The summed E-state index contributed by atoms with van der Waals surface area (Å²) >= 11 is 0. The standard InChI is InChI=1S/C28H28N4O3/c1-3-23-28-21(10-7-11-24(28)32(30-23)19-20-8-5-4-6-9-20)16-26(33)25-18-29-27-17-22(12-13-31(25)27)35-15-14-34-2/h4-13,17-18H,3,14-16,19H2,1-2H3. The number of aromatic nitrogens is 4. The van der Waals surface area contributed by atoms with Crippen LogP contribution in [-0.4, -0.2) is 45.3 Å². The summed E-state index contributed by atoms with van der Waals surface area (Å²) in [7, 11) is 1.64. The van der Waals surface area contributed by atoms with Crippen LogP contribution >= 0.6 is 0 Å². The number of Topliss-reactive ketones (excluding diaryl/α,β-unsaturated/α-hetero) is 1. The Kier molecular flexibility index (Phi) is 6.59. The van der Waals surface area contributed by atoms with Crippen molar-refractivity contribution in [1.29, 1.82) is 0 Å². The Hall–Kier alpha value is -3.97. The summed E-state index contributed by atoms with van der Waals surface area (Å²) in [6.45, 7) is 3.76. The molecule has 7 nitrogen and oxygen atoms in total. The predicted octanol–water partition coefficient (Wildman–Crippen LogP) is 4.75. The number of nitrogens with zero attached hydrogens (tertiary/aromatic N) is 4. The zero-order valence-corrected chi connectivity index (χ0v) is 20.0. The number of ether oxygens (including phenoxy) is 2. The number of fused-ring (bicyclic) bond motifs is 2. The van der Waals surface area contributed by atoms with Crippen LogP contribution in [0.4, 0.5) is 0 Å². The Morgan fingerprint density at radius 1 is 1.03 bits per heavy atom. The summed E-state index contributed by atoms with van der Waals surface area (Å²) in [6, 6.07) is 20.1.